The molecule has 1 aromatic heterocycles. The maximum absolute atomic E-state index is 12.5. The lowest BCUT2D eigenvalue weighted by atomic mass is 10.2. The molecule has 1 saturated heterocycles. The van der Waals surface area contributed by atoms with Crippen molar-refractivity contribution < 1.29 is 9.90 Å². The van der Waals surface area contributed by atoms with E-state index in [1.54, 1.807) is 18.3 Å². The van der Waals surface area contributed by atoms with Crippen LogP contribution in [0.3, 0.4) is 0 Å². The number of nitrogens with zero attached hydrogens (tertiary/aromatic N) is 4. The number of carboxylic acids is 1. The summed E-state index contributed by atoms with van der Waals surface area (Å²) in [6.45, 7) is 2.43. The van der Waals surface area contributed by atoms with Crippen LogP contribution in [0.15, 0.2) is 41.3 Å². The molecule has 2 heterocycles. The van der Waals surface area contributed by atoms with Crippen LogP contribution in [0.1, 0.15) is 0 Å². The first-order chi connectivity index (χ1) is 11.6. The van der Waals surface area contributed by atoms with Gasteiger partial charge in [-0.15, -0.1) is 0 Å². The van der Waals surface area contributed by atoms with Gasteiger partial charge in [-0.25, -0.2) is 0 Å². The summed E-state index contributed by atoms with van der Waals surface area (Å²) in [6, 6.07) is 9.09. The van der Waals surface area contributed by atoms with E-state index in [9.17, 15) is 9.59 Å². The molecule has 0 unspecified atom stereocenters. The molecule has 0 amide bonds. The molecule has 1 aliphatic heterocycles. The van der Waals surface area contributed by atoms with Crippen molar-refractivity contribution in [2.75, 3.05) is 37.6 Å². The van der Waals surface area contributed by atoms with E-state index in [1.165, 1.54) is 4.68 Å². The topological polar surface area (TPSA) is 78.7 Å². The minimum atomic E-state index is -0.839. The van der Waals surface area contributed by atoms with Crippen molar-refractivity contribution in [2.24, 2.45) is 0 Å². The molecule has 1 aromatic carbocycles. The summed E-state index contributed by atoms with van der Waals surface area (Å²) in [5.41, 5.74) is 0.874. The SMILES string of the molecule is O=C(O)CN1CCN(c2cnn(-c3ccccc3)c(=O)c2Cl)CC1. The average Bonchev–Trinajstić information content (AvgIpc) is 2.58. The molecule has 1 N–H and O–H groups in total. The lowest BCUT2D eigenvalue weighted by Crippen LogP contribution is -2.48. The summed E-state index contributed by atoms with van der Waals surface area (Å²) in [4.78, 5) is 27.1. The number of hydrogen-bond acceptors (Lipinski definition) is 5. The predicted octanol–water partition coefficient (Wildman–Crippen LogP) is 1.09. The van der Waals surface area contributed by atoms with Gasteiger partial charge in [0.15, 0.2) is 0 Å². The van der Waals surface area contributed by atoms with Crippen LogP contribution in [0.5, 0.6) is 0 Å². The summed E-state index contributed by atoms with van der Waals surface area (Å²) < 4.78 is 1.27. The van der Waals surface area contributed by atoms with Crippen LogP contribution in [-0.2, 0) is 4.79 Å². The number of carbonyl (C=O) groups is 1. The number of piperazine rings is 1. The molecular weight excluding hydrogens is 332 g/mol. The van der Waals surface area contributed by atoms with Crippen molar-refractivity contribution in [1.29, 1.82) is 0 Å². The van der Waals surface area contributed by atoms with Crippen LogP contribution in [-0.4, -0.2) is 58.5 Å². The zero-order valence-electron chi connectivity index (χ0n) is 12.9. The molecule has 1 fully saturated rings. The van der Waals surface area contributed by atoms with Crippen molar-refractivity contribution >= 4 is 23.3 Å². The Morgan fingerprint density at radius 3 is 2.46 bits per heavy atom. The van der Waals surface area contributed by atoms with Gasteiger partial charge in [-0.05, 0) is 12.1 Å². The van der Waals surface area contributed by atoms with E-state index in [-0.39, 0.29) is 17.1 Å². The van der Waals surface area contributed by atoms with Crippen molar-refractivity contribution in [3.63, 3.8) is 0 Å². The summed E-state index contributed by atoms with van der Waals surface area (Å²) >= 11 is 6.28. The molecular formula is C16H17ClN4O3. The fraction of sp³-hybridized carbons (Fsp3) is 0.312. The fourth-order valence-corrected chi connectivity index (χ4v) is 2.98. The largest absolute Gasteiger partial charge is 0.480 e. The second kappa shape index (κ2) is 7.02. The van der Waals surface area contributed by atoms with E-state index >= 15 is 0 Å². The van der Waals surface area contributed by atoms with E-state index in [2.05, 4.69) is 5.10 Å². The third kappa shape index (κ3) is 3.42. The van der Waals surface area contributed by atoms with Crippen LogP contribution in [0, 0.1) is 0 Å². The molecule has 3 rings (SSSR count). The molecule has 0 bridgehead atoms. The van der Waals surface area contributed by atoms with Gasteiger partial charge in [-0.1, -0.05) is 29.8 Å². The van der Waals surface area contributed by atoms with E-state index in [0.29, 0.717) is 37.6 Å². The van der Waals surface area contributed by atoms with Gasteiger partial charge in [0, 0.05) is 26.2 Å². The normalized spacial score (nSPS) is 15.5. The van der Waals surface area contributed by atoms with Crippen LogP contribution < -0.4 is 10.5 Å². The van der Waals surface area contributed by atoms with Gasteiger partial charge in [0.25, 0.3) is 5.56 Å². The van der Waals surface area contributed by atoms with Gasteiger partial charge in [0.1, 0.15) is 5.02 Å². The smallest absolute Gasteiger partial charge is 0.317 e. The number of benzene rings is 1. The number of aromatic nitrogens is 2. The highest BCUT2D eigenvalue weighted by Crippen LogP contribution is 2.22. The third-order valence-corrected chi connectivity index (χ3v) is 4.33. The average molecular weight is 349 g/mol. The lowest BCUT2D eigenvalue weighted by Gasteiger charge is -2.35. The number of rotatable bonds is 4. The second-order valence-electron chi connectivity index (χ2n) is 5.55. The monoisotopic (exact) mass is 348 g/mol. The molecule has 1 aliphatic rings. The third-order valence-electron chi connectivity index (χ3n) is 3.97. The Morgan fingerprint density at radius 2 is 1.83 bits per heavy atom. The molecule has 126 valence electrons. The van der Waals surface area contributed by atoms with Crippen LogP contribution in [0.2, 0.25) is 5.02 Å². The number of para-hydroxylation sites is 1. The van der Waals surface area contributed by atoms with E-state index < -0.39 is 5.97 Å². The zero-order valence-corrected chi connectivity index (χ0v) is 13.7. The van der Waals surface area contributed by atoms with Gasteiger partial charge in [0.05, 0.1) is 24.1 Å². The standard InChI is InChI=1S/C16H17ClN4O3/c17-15-13(20-8-6-19(7-9-20)11-14(22)23)10-18-21(16(15)24)12-4-2-1-3-5-12/h1-5,10H,6-9,11H2,(H,22,23). The number of hydrogen-bond donors (Lipinski definition) is 1. The Labute approximate surface area is 143 Å². The molecule has 7 nitrogen and oxygen atoms in total. The second-order valence-corrected chi connectivity index (χ2v) is 5.93. The summed E-state index contributed by atoms with van der Waals surface area (Å²) in [7, 11) is 0. The lowest BCUT2D eigenvalue weighted by molar-refractivity contribution is -0.138. The van der Waals surface area contributed by atoms with Gasteiger partial charge < -0.3 is 10.0 Å². The summed E-state index contributed by atoms with van der Waals surface area (Å²) in [5, 5.41) is 13.2. The molecule has 8 heteroatoms. The minimum Gasteiger partial charge on any atom is -0.480 e. The zero-order chi connectivity index (χ0) is 17.1. The van der Waals surface area contributed by atoms with Gasteiger partial charge in [0.2, 0.25) is 0 Å². The number of aliphatic carboxylic acids is 1. The van der Waals surface area contributed by atoms with E-state index in [0.717, 1.165) is 0 Å². The highest BCUT2D eigenvalue weighted by Gasteiger charge is 2.22. The van der Waals surface area contributed by atoms with Crippen LogP contribution in [0.4, 0.5) is 5.69 Å². The Balaban J connectivity index is 1.80. The highest BCUT2D eigenvalue weighted by molar-refractivity contribution is 6.33. The Kier molecular flexibility index (Phi) is 4.82. The molecule has 0 radical (unpaired) electrons. The first-order valence-electron chi connectivity index (χ1n) is 7.58. The minimum absolute atomic E-state index is 0.0232. The highest BCUT2D eigenvalue weighted by atomic mass is 35.5. The van der Waals surface area contributed by atoms with Gasteiger partial charge in [-0.3, -0.25) is 14.5 Å². The molecule has 0 saturated carbocycles. The number of anilines is 1. The summed E-state index contributed by atoms with van der Waals surface area (Å²) in [6.07, 6.45) is 1.59. The molecule has 2 aromatic rings. The fourth-order valence-electron chi connectivity index (χ4n) is 2.74. The Hall–Kier alpha value is -2.38. The first-order valence-corrected chi connectivity index (χ1v) is 7.96. The molecule has 0 spiro atoms. The quantitative estimate of drug-likeness (QED) is 0.891. The van der Waals surface area contributed by atoms with E-state index in [1.807, 2.05) is 28.0 Å². The van der Waals surface area contributed by atoms with Crippen molar-refractivity contribution in [3.8, 4) is 5.69 Å². The predicted molar refractivity (Wildman–Crippen MR) is 91.1 cm³/mol. The number of halogens is 1. The Bertz CT molecular complexity index is 786. The van der Waals surface area contributed by atoms with E-state index in [4.69, 9.17) is 16.7 Å². The maximum atomic E-state index is 12.5. The van der Waals surface area contributed by atoms with Gasteiger partial charge in [-0.2, -0.15) is 9.78 Å². The molecule has 24 heavy (non-hydrogen) atoms. The van der Waals surface area contributed by atoms with Crippen molar-refractivity contribution in [1.82, 2.24) is 14.7 Å². The van der Waals surface area contributed by atoms with Crippen molar-refractivity contribution in [2.45, 2.75) is 0 Å². The Morgan fingerprint density at radius 1 is 1.17 bits per heavy atom. The van der Waals surface area contributed by atoms with Gasteiger partial charge >= 0.3 is 5.97 Å². The first kappa shape index (κ1) is 16.5. The molecule has 0 atom stereocenters. The van der Waals surface area contributed by atoms with Crippen LogP contribution >= 0.6 is 11.6 Å². The van der Waals surface area contributed by atoms with Crippen molar-refractivity contribution in [3.05, 3.63) is 51.9 Å². The number of carboxylic acid groups (broad SMARTS) is 1. The maximum Gasteiger partial charge on any atom is 0.317 e. The summed E-state index contributed by atoms with van der Waals surface area (Å²) in [5.74, 6) is -0.839. The van der Waals surface area contributed by atoms with Crippen LogP contribution in [0.25, 0.3) is 5.69 Å². The molecule has 0 aliphatic carbocycles.